The summed E-state index contributed by atoms with van der Waals surface area (Å²) in [4.78, 5) is 12.0. The second-order valence-electron chi connectivity index (χ2n) is 4.49. The van der Waals surface area contributed by atoms with Crippen molar-refractivity contribution in [2.45, 2.75) is 13.1 Å². The third-order valence-electron chi connectivity index (χ3n) is 2.92. The highest BCUT2D eigenvalue weighted by atomic mass is 79.9. The Labute approximate surface area is 128 Å². The molecule has 1 amide bonds. The first kappa shape index (κ1) is 15.6. The zero-order valence-corrected chi connectivity index (χ0v) is 12.5. The predicted molar refractivity (Wildman–Crippen MR) is 78.3 cm³/mol. The van der Waals surface area contributed by atoms with E-state index in [2.05, 4.69) is 21.2 Å². The highest BCUT2D eigenvalue weighted by molar-refractivity contribution is 9.10. The molecule has 0 radical (unpaired) electrons. The smallest absolute Gasteiger partial charge is 0.322 e. The van der Waals surface area contributed by atoms with Gasteiger partial charge in [0.05, 0.1) is 5.56 Å². The highest BCUT2D eigenvalue weighted by Gasteiger charge is 2.30. The Kier molecular flexibility index (Phi) is 4.37. The molecule has 2 aromatic rings. The average molecular weight is 358 g/mol. The first-order valence-electron chi connectivity index (χ1n) is 6.02. The Hall–Kier alpha value is -1.82. The van der Waals surface area contributed by atoms with Crippen molar-refractivity contribution in [2.24, 2.45) is 0 Å². The maximum atomic E-state index is 12.5. The van der Waals surface area contributed by atoms with Gasteiger partial charge in [-0.1, -0.05) is 22.0 Å². The Balaban J connectivity index is 2.19. The Morgan fingerprint density at radius 1 is 1.10 bits per heavy atom. The van der Waals surface area contributed by atoms with Crippen molar-refractivity contribution >= 4 is 27.5 Å². The van der Waals surface area contributed by atoms with Gasteiger partial charge in [-0.25, -0.2) is 0 Å². The molecule has 0 aliphatic heterocycles. The van der Waals surface area contributed by atoms with Gasteiger partial charge in [-0.2, -0.15) is 13.2 Å². The molecular weight excluding hydrogens is 347 g/mol. The van der Waals surface area contributed by atoms with E-state index in [1.807, 2.05) is 19.1 Å². The molecule has 1 N–H and O–H groups in total. The van der Waals surface area contributed by atoms with Crippen molar-refractivity contribution in [1.29, 1.82) is 0 Å². The quantitative estimate of drug-likeness (QED) is 0.802. The fraction of sp³-hybridized carbons (Fsp3) is 0.133. The van der Waals surface area contributed by atoms with Crippen LogP contribution in [0.5, 0.6) is 0 Å². The Morgan fingerprint density at radius 3 is 2.29 bits per heavy atom. The van der Waals surface area contributed by atoms with Crippen LogP contribution in [0, 0.1) is 6.92 Å². The number of hydrogen-bond acceptors (Lipinski definition) is 1. The van der Waals surface area contributed by atoms with Crippen LogP contribution in [-0.2, 0) is 6.18 Å². The number of aryl methyl sites for hydroxylation is 1. The SMILES string of the molecule is Cc1ccc(Br)cc1NC(=O)c1ccc(C(F)(F)F)cc1. The zero-order chi connectivity index (χ0) is 15.6. The number of benzene rings is 2. The first-order chi connectivity index (χ1) is 9.77. The van der Waals surface area contributed by atoms with Gasteiger partial charge in [0.1, 0.15) is 0 Å². The van der Waals surface area contributed by atoms with Crippen LogP contribution in [0.25, 0.3) is 0 Å². The number of alkyl halides is 3. The van der Waals surface area contributed by atoms with Gasteiger partial charge < -0.3 is 5.32 Å². The van der Waals surface area contributed by atoms with Crippen LogP contribution in [0.15, 0.2) is 46.9 Å². The lowest BCUT2D eigenvalue weighted by molar-refractivity contribution is -0.137. The van der Waals surface area contributed by atoms with Gasteiger partial charge in [-0.3, -0.25) is 4.79 Å². The van der Waals surface area contributed by atoms with E-state index in [1.54, 1.807) is 6.07 Å². The van der Waals surface area contributed by atoms with Gasteiger partial charge in [0.15, 0.2) is 0 Å². The molecule has 0 unspecified atom stereocenters. The summed E-state index contributed by atoms with van der Waals surface area (Å²) in [6.45, 7) is 1.83. The van der Waals surface area contributed by atoms with Crippen LogP contribution in [-0.4, -0.2) is 5.91 Å². The second kappa shape index (κ2) is 5.89. The van der Waals surface area contributed by atoms with Crippen LogP contribution < -0.4 is 5.32 Å². The van der Waals surface area contributed by atoms with Gasteiger partial charge in [0.2, 0.25) is 0 Å². The number of anilines is 1. The van der Waals surface area contributed by atoms with Crippen molar-refractivity contribution in [3.8, 4) is 0 Å². The van der Waals surface area contributed by atoms with Crippen molar-refractivity contribution in [2.75, 3.05) is 5.32 Å². The molecule has 0 aliphatic rings. The number of rotatable bonds is 2. The maximum Gasteiger partial charge on any atom is 0.416 e. The monoisotopic (exact) mass is 357 g/mol. The lowest BCUT2D eigenvalue weighted by Gasteiger charge is -2.10. The van der Waals surface area contributed by atoms with E-state index in [-0.39, 0.29) is 5.56 Å². The van der Waals surface area contributed by atoms with Gasteiger partial charge in [-0.15, -0.1) is 0 Å². The largest absolute Gasteiger partial charge is 0.416 e. The minimum atomic E-state index is -4.41. The summed E-state index contributed by atoms with van der Waals surface area (Å²) in [5.74, 6) is -0.454. The molecule has 2 aromatic carbocycles. The highest BCUT2D eigenvalue weighted by Crippen LogP contribution is 2.29. The number of halogens is 4. The molecule has 0 saturated heterocycles. The third kappa shape index (κ3) is 3.85. The van der Waals surface area contributed by atoms with E-state index in [0.29, 0.717) is 5.69 Å². The molecule has 2 nitrogen and oxygen atoms in total. The van der Waals surface area contributed by atoms with E-state index in [0.717, 1.165) is 34.3 Å². The molecule has 6 heteroatoms. The summed E-state index contributed by atoms with van der Waals surface area (Å²) in [5.41, 5.74) is 0.854. The number of carbonyl (C=O) groups is 1. The fourth-order valence-electron chi connectivity index (χ4n) is 1.73. The molecule has 0 atom stereocenters. The van der Waals surface area contributed by atoms with Crippen LogP contribution in [0.3, 0.4) is 0 Å². The molecule has 0 aliphatic carbocycles. The van der Waals surface area contributed by atoms with Gasteiger partial charge in [0, 0.05) is 15.7 Å². The molecule has 0 fully saturated rings. The van der Waals surface area contributed by atoms with E-state index in [1.165, 1.54) is 0 Å². The van der Waals surface area contributed by atoms with Crippen LogP contribution in [0.4, 0.5) is 18.9 Å². The summed E-state index contributed by atoms with van der Waals surface area (Å²) in [6.07, 6.45) is -4.41. The van der Waals surface area contributed by atoms with E-state index < -0.39 is 17.6 Å². The molecule has 21 heavy (non-hydrogen) atoms. The number of carbonyl (C=O) groups excluding carboxylic acids is 1. The normalized spacial score (nSPS) is 11.3. The van der Waals surface area contributed by atoms with Crippen molar-refractivity contribution in [1.82, 2.24) is 0 Å². The minimum Gasteiger partial charge on any atom is -0.322 e. The van der Waals surface area contributed by atoms with Crippen LogP contribution in [0.1, 0.15) is 21.5 Å². The summed E-state index contributed by atoms with van der Waals surface area (Å²) in [7, 11) is 0. The maximum absolute atomic E-state index is 12.5. The number of nitrogens with one attached hydrogen (secondary N) is 1. The molecule has 110 valence electrons. The topological polar surface area (TPSA) is 29.1 Å². The van der Waals surface area contributed by atoms with Gasteiger partial charge in [-0.05, 0) is 48.9 Å². The third-order valence-corrected chi connectivity index (χ3v) is 3.42. The minimum absolute atomic E-state index is 0.169. The van der Waals surface area contributed by atoms with E-state index in [4.69, 9.17) is 0 Å². The molecule has 0 aromatic heterocycles. The standard InChI is InChI=1S/C15H11BrF3NO/c1-9-2-7-12(16)8-13(9)20-14(21)10-3-5-11(6-4-10)15(17,18)19/h2-8H,1H3,(H,20,21). The van der Waals surface area contributed by atoms with Gasteiger partial charge >= 0.3 is 6.18 Å². The predicted octanol–water partition coefficient (Wildman–Crippen LogP) is 5.03. The first-order valence-corrected chi connectivity index (χ1v) is 6.81. The average Bonchev–Trinajstić information content (AvgIpc) is 2.42. The molecule has 2 rings (SSSR count). The van der Waals surface area contributed by atoms with E-state index >= 15 is 0 Å². The van der Waals surface area contributed by atoms with Crippen LogP contribution in [0.2, 0.25) is 0 Å². The second-order valence-corrected chi connectivity index (χ2v) is 5.40. The van der Waals surface area contributed by atoms with Gasteiger partial charge in [0.25, 0.3) is 5.91 Å². The van der Waals surface area contributed by atoms with Crippen molar-refractivity contribution < 1.29 is 18.0 Å². The number of hydrogen-bond donors (Lipinski definition) is 1. The molecule has 0 saturated carbocycles. The van der Waals surface area contributed by atoms with Crippen molar-refractivity contribution in [3.63, 3.8) is 0 Å². The number of amides is 1. The Morgan fingerprint density at radius 2 is 1.71 bits per heavy atom. The lowest BCUT2D eigenvalue weighted by atomic mass is 10.1. The summed E-state index contributed by atoms with van der Waals surface area (Å²) in [5, 5.41) is 2.68. The summed E-state index contributed by atoms with van der Waals surface area (Å²) in [6, 6.07) is 9.50. The fourth-order valence-corrected chi connectivity index (χ4v) is 2.10. The molecular formula is C15H11BrF3NO. The summed E-state index contributed by atoms with van der Waals surface area (Å²) < 4.78 is 38.2. The van der Waals surface area contributed by atoms with Crippen LogP contribution >= 0.6 is 15.9 Å². The van der Waals surface area contributed by atoms with Crippen molar-refractivity contribution in [3.05, 3.63) is 63.6 Å². The lowest BCUT2D eigenvalue weighted by Crippen LogP contribution is -2.13. The Bertz CT molecular complexity index is 666. The summed E-state index contributed by atoms with van der Waals surface area (Å²) >= 11 is 3.30. The molecule has 0 heterocycles. The van der Waals surface area contributed by atoms with E-state index in [9.17, 15) is 18.0 Å². The zero-order valence-electron chi connectivity index (χ0n) is 11.0. The molecule has 0 spiro atoms. The molecule has 0 bridgehead atoms.